The van der Waals surface area contributed by atoms with Crippen molar-refractivity contribution in [2.24, 2.45) is 0 Å². The van der Waals surface area contributed by atoms with Crippen LogP contribution in [0, 0.1) is 0 Å². The molecule has 0 saturated carbocycles. The van der Waals surface area contributed by atoms with Gasteiger partial charge >= 0.3 is 0 Å². The lowest BCUT2D eigenvalue weighted by Gasteiger charge is -2.13. The van der Waals surface area contributed by atoms with Crippen LogP contribution in [-0.2, 0) is 24.1 Å². The van der Waals surface area contributed by atoms with E-state index in [0.717, 1.165) is 40.4 Å². The van der Waals surface area contributed by atoms with E-state index in [1.54, 1.807) is 16.3 Å². The number of ketones is 1. The van der Waals surface area contributed by atoms with E-state index < -0.39 is 0 Å². The smallest absolute Gasteiger partial charge is 0.272 e. The van der Waals surface area contributed by atoms with E-state index in [2.05, 4.69) is 31.2 Å². The van der Waals surface area contributed by atoms with Crippen molar-refractivity contribution in [3.8, 4) is 5.69 Å². The minimum atomic E-state index is -0.0312. The van der Waals surface area contributed by atoms with Gasteiger partial charge in [-0.3, -0.25) is 14.2 Å². The summed E-state index contributed by atoms with van der Waals surface area (Å²) in [6.45, 7) is 2.19. The lowest BCUT2D eigenvalue weighted by atomic mass is 10.0. The first-order chi connectivity index (χ1) is 15.2. The zero-order valence-corrected chi connectivity index (χ0v) is 19.3. The monoisotopic (exact) mass is 450 g/mol. The Bertz CT molecular complexity index is 1110. The maximum absolute atomic E-state index is 13.1. The number of fused-ring (bicyclic) bond motifs is 1. The fraction of sp³-hybridized carbons (Fsp3) is 0.320. The predicted octanol–water partition coefficient (Wildman–Crippen LogP) is 5.13. The summed E-state index contributed by atoms with van der Waals surface area (Å²) < 4.78 is 1.65. The van der Waals surface area contributed by atoms with Gasteiger partial charge in [0.25, 0.3) is 5.56 Å². The first kappa shape index (κ1) is 21.9. The number of carbonyl (C=O) groups excluding carboxylic acids is 1. The van der Waals surface area contributed by atoms with Gasteiger partial charge in [0.05, 0.1) is 22.0 Å². The summed E-state index contributed by atoms with van der Waals surface area (Å²) >= 11 is 2.93. The van der Waals surface area contributed by atoms with Gasteiger partial charge in [-0.05, 0) is 36.1 Å². The third kappa shape index (κ3) is 5.31. The van der Waals surface area contributed by atoms with Crippen LogP contribution in [0.15, 0.2) is 69.4 Å². The molecule has 0 amide bonds. The molecule has 0 aliphatic carbocycles. The Morgan fingerprint density at radius 3 is 2.58 bits per heavy atom. The molecule has 3 aromatic rings. The fourth-order valence-electron chi connectivity index (χ4n) is 3.62. The van der Waals surface area contributed by atoms with Crippen LogP contribution in [0.25, 0.3) is 5.69 Å². The van der Waals surface area contributed by atoms with Crippen LogP contribution >= 0.6 is 23.5 Å². The quantitative estimate of drug-likeness (QED) is 0.334. The van der Waals surface area contributed by atoms with Gasteiger partial charge in [-0.2, -0.15) is 0 Å². The Morgan fingerprint density at radius 2 is 1.84 bits per heavy atom. The molecule has 0 atom stereocenters. The van der Waals surface area contributed by atoms with Gasteiger partial charge in [-0.1, -0.05) is 67.6 Å². The number of aromatic nitrogens is 2. The van der Waals surface area contributed by atoms with Gasteiger partial charge in [0.1, 0.15) is 5.78 Å². The molecule has 0 spiro atoms. The van der Waals surface area contributed by atoms with Gasteiger partial charge in [0, 0.05) is 18.6 Å². The number of rotatable bonds is 9. The van der Waals surface area contributed by atoms with E-state index in [-0.39, 0.29) is 11.3 Å². The molecule has 0 bridgehead atoms. The van der Waals surface area contributed by atoms with Crippen molar-refractivity contribution >= 4 is 29.3 Å². The van der Waals surface area contributed by atoms with Gasteiger partial charge < -0.3 is 0 Å². The number of hydrogen-bond donors (Lipinski definition) is 0. The molecule has 1 aliphatic rings. The second-order valence-electron chi connectivity index (χ2n) is 7.67. The number of nitrogens with zero attached hydrogens (tertiary/aromatic N) is 2. The summed E-state index contributed by atoms with van der Waals surface area (Å²) in [7, 11) is 0. The lowest BCUT2D eigenvalue weighted by molar-refractivity contribution is -0.116. The van der Waals surface area contributed by atoms with E-state index in [0.29, 0.717) is 17.3 Å². The summed E-state index contributed by atoms with van der Waals surface area (Å²) in [6, 6.07) is 17.9. The molecule has 0 fully saturated rings. The Morgan fingerprint density at radius 1 is 1.10 bits per heavy atom. The van der Waals surface area contributed by atoms with Gasteiger partial charge in [0.15, 0.2) is 5.16 Å². The van der Waals surface area contributed by atoms with Crippen LogP contribution in [0.3, 0.4) is 0 Å². The van der Waals surface area contributed by atoms with Crippen LogP contribution in [0.2, 0.25) is 0 Å². The van der Waals surface area contributed by atoms with E-state index in [9.17, 15) is 9.59 Å². The molecule has 1 aliphatic heterocycles. The van der Waals surface area contributed by atoms with E-state index >= 15 is 0 Å². The topological polar surface area (TPSA) is 52.0 Å². The molecule has 4 rings (SSSR count). The standard InChI is InChI=1S/C25H26N2O2S2/c1-2-3-7-18-10-12-19(13-11-18)16-21(28)17-31-25-26-22-14-15-30-23(22)24(29)27(25)20-8-5-4-6-9-20/h4-6,8-13H,2-3,7,14-17H2,1H3. The van der Waals surface area contributed by atoms with E-state index in [1.165, 1.54) is 30.2 Å². The van der Waals surface area contributed by atoms with Crippen molar-refractivity contribution in [1.29, 1.82) is 0 Å². The van der Waals surface area contributed by atoms with Crippen molar-refractivity contribution < 1.29 is 4.79 Å². The molecule has 4 nitrogen and oxygen atoms in total. The molecule has 0 saturated heterocycles. The zero-order chi connectivity index (χ0) is 21.6. The van der Waals surface area contributed by atoms with Gasteiger partial charge in [0.2, 0.25) is 0 Å². The van der Waals surface area contributed by atoms with Gasteiger partial charge in [-0.25, -0.2) is 4.98 Å². The third-order valence-corrected chi connectivity index (χ3v) is 7.39. The molecule has 31 heavy (non-hydrogen) atoms. The number of Topliss-reactive ketones (excluding diaryl/α,β-unsaturated/α-hetero) is 1. The highest BCUT2D eigenvalue weighted by atomic mass is 32.2. The highest BCUT2D eigenvalue weighted by Gasteiger charge is 2.23. The summed E-state index contributed by atoms with van der Waals surface area (Å²) in [6.07, 6.45) is 4.65. The predicted molar refractivity (Wildman–Crippen MR) is 129 cm³/mol. The molecule has 2 heterocycles. The molecule has 2 aromatic carbocycles. The zero-order valence-electron chi connectivity index (χ0n) is 17.7. The van der Waals surface area contributed by atoms with Crippen LogP contribution in [-0.4, -0.2) is 26.8 Å². The molecule has 160 valence electrons. The summed E-state index contributed by atoms with van der Waals surface area (Å²) in [5.41, 5.74) is 3.97. The number of thioether (sulfide) groups is 2. The van der Waals surface area contributed by atoms with Gasteiger partial charge in [-0.15, -0.1) is 11.8 Å². The molecule has 0 radical (unpaired) electrons. The Kier molecular flexibility index (Phi) is 7.30. The Hall–Kier alpha value is -2.31. The molecular formula is C25H26N2O2S2. The maximum Gasteiger partial charge on any atom is 0.272 e. The summed E-state index contributed by atoms with van der Waals surface area (Å²) in [5, 5.41) is 0.598. The minimum absolute atomic E-state index is 0.0312. The van der Waals surface area contributed by atoms with Crippen LogP contribution < -0.4 is 5.56 Å². The second-order valence-corrected chi connectivity index (χ2v) is 9.72. The first-order valence-corrected chi connectivity index (χ1v) is 12.7. The van der Waals surface area contributed by atoms with Crippen molar-refractivity contribution in [2.75, 3.05) is 11.5 Å². The third-order valence-electron chi connectivity index (χ3n) is 5.29. The number of para-hydroxylation sites is 1. The second kappa shape index (κ2) is 10.3. The normalized spacial score (nSPS) is 12.7. The van der Waals surface area contributed by atoms with Crippen LogP contribution in [0.4, 0.5) is 0 Å². The highest BCUT2D eigenvalue weighted by Crippen LogP contribution is 2.30. The number of unbranched alkanes of at least 4 members (excludes halogenated alkanes) is 1. The highest BCUT2D eigenvalue weighted by molar-refractivity contribution is 8.00. The number of benzene rings is 2. The van der Waals surface area contributed by atoms with Crippen molar-refractivity contribution in [1.82, 2.24) is 9.55 Å². The lowest BCUT2D eigenvalue weighted by Crippen LogP contribution is -2.24. The molecule has 0 unspecified atom stereocenters. The number of carbonyl (C=O) groups is 1. The molecule has 0 N–H and O–H groups in total. The average molecular weight is 451 g/mol. The van der Waals surface area contributed by atoms with E-state index in [4.69, 9.17) is 4.98 Å². The molecule has 1 aromatic heterocycles. The van der Waals surface area contributed by atoms with Crippen LogP contribution in [0.1, 0.15) is 36.6 Å². The average Bonchev–Trinajstić information content (AvgIpc) is 3.27. The molecule has 6 heteroatoms. The van der Waals surface area contributed by atoms with Crippen molar-refractivity contribution in [3.63, 3.8) is 0 Å². The van der Waals surface area contributed by atoms with Crippen molar-refractivity contribution in [2.45, 2.75) is 49.1 Å². The maximum atomic E-state index is 13.1. The Labute approximate surface area is 191 Å². The SMILES string of the molecule is CCCCc1ccc(CC(=O)CSc2nc3c(c(=O)n2-c2ccccc2)SCC3)cc1. The van der Waals surface area contributed by atoms with Crippen molar-refractivity contribution in [3.05, 3.63) is 81.8 Å². The van der Waals surface area contributed by atoms with E-state index in [1.807, 2.05) is 30.3 Å². The fourth-order valence-corrected chi connectivity index (χ4v) is 5.54. The largest absolute Gasteiger partial charge is 0.298 e. The number of aryl methyl sites for hydroxylation is 2. The summed E-state index contributed by atoms with van der Waals surface area (Å²) in [5.74, 6) is 1.31. The first-order valence-electron chi connectivity index (χ1n) is 10.7. The van der Waals surface area contributed by atoms with Crippen LogP contribution in [0.5, 0.6) is 0 Å². The molecular weight excluding hydrogens is 424 g/mol. The minimum Gasteiger partial charge on any atom is -0.298 e. The Balaban J connectivity index is 1.49. The number of hydrogen-bond acceptors (Lipinski definition) is 5. The summed E-state index contributed by atoms with van der Waals surface area (Å²) in [4.78, 5) is 31.3.